The molecule has 1 aromatic heterocycles. The summed E-state index contributed by atoms with van der Waals surface area (Å²) in [7, 11) is 0. The van der Waals surface area contributed by atoms with Gasteiger partial charge in [0.15, 0.2) is 0 Å². The lowest BCUT2D eigenvalue weighted by atomic mass is 10.1. The van der Waals surface area contributed by atoms with E-state index in [9.17, 15) is 19.7 Å². The molecule has 3 aromatic rings. The van der Waals surface area contributed by atoms with Gasteiger partial charge < -0.3 is 9.15 Å². The second-order valence-electron chi connectivity index (χ2n) is 6.45. The number of imide groups is 1. The Balaban J connectivity index is 1.54. The molecule has 8 nitrogen and oxygen atoms in total. The number of anilines is 1. The highest BCUT2D eigenvalue weighted by atomic mass is 32.2. The zero-order chi connectivity index (χ0) is 22.0. The molecule has 0 saturated carbocycles. The number of amides is 2. The van der Waals surface area contributed by atoms with E-state index in [0.29, 0.717) is 35.1 Å². The molecule has 0 radical (unpaired) electrons. The number of nitro benzene ring substituents is 1. The summed E-state index contributed by atoms with van der Waals surface area (Å²) in [5, 5.41) is 10.4. The first-order chi connectivity index (χ1) is 15.0. The van der Waals surface area contributed by atoms with Crippen LogP contribution in [0, 0.1) is 10.1 Å². The maximum absolute atomic E-state index is 12.8. The number of nitrogens with zero attached hydrogens (tertiary/aromatic N) is 2. The van der Waals surface area contributed by atoms with Gasteiger partial charge in [-0.3, -0.25) is 19.7 Å². The number of rotatable bonds is 6. The lowest BCUT2D eigenvalue weighted by Gasteiger charge is -2.13. The molecule has 1 aliphatic rings. The van der Waals surface area contributed by atoms with Crippen molar-refractivity contribution in [2.75, 3.05) is 11.5 Å². The van der Waals surface area contributed by atoms with E-state index in [1.165, 1.54) is 18.2 Å². The standard InChI is InChI=1S/C22H16N2O6S/c1-2-29-17-9-7-15(8-10-17)23-21(25)20(31-22(23)26)13-18-11-12-19(30-18)14-3-5-16(6-4-14)24(27)28/h3-13H,2H2,1H3/b20-13+. The number of non-ortho nitro benzene ring substituents is 1. The van der Waals surface area contributed by atoms with Crippen LogP contribution in [-0.2, 0) is 4.79 Å². The van der Waals surface area contributed by atoms with Gasteiger partial charge in [-0.1, -0.05) is 0 Å². The smallest absolute Gasteiger partial charge is 0.298 e. The highest BCUT2D eigenvalue weighted by Gasteiger charge is 2.36. The van der Waals surface area contributed by atoms with Crippen LogP contribution in [0.4, 0.5) is 16.2 Å². The molecule has 2 heterocycles. The molecule has 0 aliphatic carbocycles. The van der Waals surface area contributed by atoms with Crippen molar-refractivity contribution in [1.29, 1.82) is 0 Å². The van der Waals surface area contributed by atoms with Crippen molar-refractivity contribution in [1.82, 2.24) is 0 Å². The van der Waals surface area contributed by atoms with E-state index >= 15 is 0 Å². The first kappa shape index (κ1) is 20.4. The number of hydrogen-bond acceptors (Lipinski definition) is 7. The van der Waals surface area contributed by atoms with Gasteiger partial charge in [0.25, 0.3) is 16.8 Å². The van der Waals surface area contributed by atoms with Crippen LogP contribution in [0.3, 0.4) is 0 Å². The van der Waals surface area contributed by atoms with Crippen LogP contribution in [0.25, 0.3) is 17.4 Å². The highest BCUT2D eigenvalue weighted by molar-refractivity contribution is 8.19. The SMILES string of the molecule is CCOc1ccc(N2C(=O)S/C(=C/c3ccc(-c4ccc([N+](=O)[O-])cc4)o3)C2=O)cc1. The lowest BCUT2D eigenvalue weighted by molar-refractivity contribution is -0.384. The van der Waals surface area contributed by atoms with Crippen molar-refractivity contribution in [3.63, 3.8) is 0 Å². The van der Waals surface area contributed by atoms with Crippen LogP contribution >= 0.6 is 11.8 Å². The zero-order valence-electron chi connectivity index (χ0n) is 16.3. The third-order valence-corrected chi connectivity index (χ3v) is 5.33. The Labute approximate surface area is 181 Å². The minimum atomic E-state index is -0.474. The Morgan fingerprint density at radius 1 is 1.06 bits per heavy atom. The second-order valence-corrected chi connectivity index (χ2v) is 7.44. The number of carbonyl (C=O) groups is 2. The van der Waals surface area contributed by atoms with E-state index in [1.54, 1.807) is 48.5 Å². The molecule has 0 unspecified atom stereocenters. The summed E-state index contributed by atoms with van der Waals surface area (Å²) in [6.07, 6.45) is 1.51. The summed E-state index contributed by atoms with van der Waals surface area (Å²) in [6, 6.07) is 16.0. The predicted octanol–water partition coefficient (Wildman–Crippen LogP) is 5.49. The Morgan fingerprint density at radius 3 is 2.42 bits per heavy atom. The van der Waals surface area contributed by atoms with E-state index in [4.69, 9.17) is 9.15 Å². The van der Waals surface area contributed by atoms with Gasteiger partial charge in [-0.15, -0.1) is 0 Å². The van der Waals surface area contributed by atoms with Gasteiger partial charge in [-0.05, 0) is 67.2 Å². The van der Waals surface area contributed by atoms with Crippen molar-refractivity contribution >= 4 is 40.4 Å². The molecule has 0 N–H and O–H groups in total. The largest absolute Gasteiger partial charge is 0.494 e. The van der Waals surface area contributed by atoms with Gasteiger partial charge in [0.05, 0.1) is 22.1 Å². The molecule has 2 aromatic carbocycles. The fourth-order valence-electron chi connectivity index (χ4n) is 3.01. The maximum atomic E-state index is 12.8. The Bertz CT molecular complexity index is 1180. The number of carbonyl (C=O) groups excluding carboxylic acids is 2. The molecular weight excluding hydrogens is 420 g/mol. The number of furan rings is 1. The average molecular weight is 436 g/mol. The number of benzene rings is 2. The minimum absolute atomic E-state index is 0.0153. The maximum Gasteiger partial charge on any atom is 0.298 e. The molecule has 2 amide bonds. The molecule has 1 saturated heterocycles. The Morgan fingerprint density at radius 2 is 1.77 bits per heavy atom. The van der Waals surface area contributed by atoms with Gasteiger partial charge in [0.1, 0.15) is 17.3 Å². The Hall–Kier alpha value is -3.85. The van der Waals surface area contributed by atoms with Crippen LogP contribution in [-0.4, -0.2) is 22.7 Å². The molecule has 156 valence electrons. The van der Waals surface area contributed by atoms with Crippen molar-refractivity contribution in [3.05, 3.63) is 81.4 Å². The zero-order valence-corrected chi connectivity index (χ0v) is 17.1. The Kier molecular flexibility index (Phi) is 5.59. The molecular formula is C22H16N2O6S. The molecule has 1 fully saturated rings. The second kappa shape index (κ2) is 8.49. The van der Waals surface area contributed by atoms with Gasteiger partial charge in [0, 0.05) is 23.8 Å². The third-order valence-electron chi connectivity index (χ3n) is 4.46. The molecule has 0 bridgehead atoms. The summed E-state index contributed by atoms with van der Waals surface area (Å²) in [4.78, 5) is 36.9. The molecule has 0 atom stereocenters. The quantitative estimate of drug-likeness (QED) is 0.286. The summed E-state index contributed by atoms with van der Waals surface area (Å²) in [5.41, 5.74) is 1.10. The van der Waals surface area contributed by atoms with E-state index < -0.39 is 16.1 Å². The van der Waals surface area contributed by atoms with Crippen LogP contribution in [0.5, 0.6) is 5.75 Å². The number of ether oxygens (including phenoxy) is 1. The average Bonchev–Trinajstić information content (AvgIpc) is 3.34. The summed E-state index contributed by atoms with van der Waals surface area (Å²) in [6.45, 7) is 2.39. The molecule has 1 aliphatic heterocycles. The molecule has 0 spiro atoms. The monoisotopic (exact) mass is 436 g/mol. The van der Waals surface area contributed by atoms with Gasteiger partial charge >= 0.3 is 0 Å². The van der Waals surface area contributed by atoms with Crippen LogP contribution in [0.15, 0.2) is 70.0 Å². The molecule has 9 heteroatoms. The van der Waals surface area contributed by atoms with Crippen molar-refractivity contribution in [2.24, 2.45) is 0 Å². The first-order valence-corrected chi connectivity index (χ1v) is 10.1. The molecule has 4 rings (SSSR count). The third kappa shape index (κ3) is 4.22. The van der Waals surface area contributed by atoms with Crippen LogP contribution < -0.4 is 9.64 Å². The summed E-state index contributed by atoms with van der Waals surface area (Å²) in [5.74, 6) is 1.10. The number of nitro groups is 1. The van der Waals surface area contributed by atoms with Crippen molar-refractivity contribution in [2.45, 2.75) is 6.92 Å². The van der Waals surface area contributed by atoms with Gasteiger partial charge in [0.2, 0.25) is 0 Å². The normalized spacial score (nSPS) is 15.0. The summed E-state index contributed by atoms with van der Waals surface area (Å²) < 4.78 is 11.1. The number of thioether (sulfide) groups is 1. The topological polar surface area (TPSA) is 103 Å². The fourth-order valence-corrected chi connectivity index (χ4v) is 3.83. The highest BCUT2D eigenvalue weighted by Crippen LogP contribution is 2.37. The van der Waals surface area contributed by atoms with Crippen molar-refractivity contribution < 1.29 is 23.7 Å². The van der Waals surface area contributed by atoms with E-state index in [-0.39, 0.29) is 10.6 Å². The molecule has 31 heavy (non-hydrogen) atoms. The predicted molar refractivity (Wildman–Crippen MR) is 117 cm³/mol. The van der Waals surface area contributed by atoms with E-state index in [2.05, 4.69) is 0 Å². The first-order valence-electron chi connectivity index (χ1n) is 9.31. The van der Waals surface area contributed by atoms with Gasteiger partial charge in [-0.25, -0.2) is 4.90 Å². The van der Waals surface area contributed by atoms with Crippen LogP contribution in [0.1, 0.15) is 12.7 Å². The summed E-state index contributed by atoms with van der Waals surface area (Å²) >= 11 is 0.828. The number of hydrogen-bond donors (Lipinski definition) is 0. The fraction of sp³-hybridized carbons (Fsp3) is 0.0909. The van der Waals surface area contributed by atoms with E-state index in [1.807, 2.05) is 6.92 Å². The lowest BCUT2D eigenvalue weighted by Crippen LogP contribution is -2.27. The van der Waals surface area contributed by atoms with Crippen LogP contribution in [0.2, 0.25) is 0 Å². The van der Waals surface area contributed by atoms with Gasteiger partial charge in [-0.2, -0.15) is 0 Å². The minimum Gasteiger partial charge on any atom is -0.494 e. The van der Waals surface area contributed by atoms with Crippen molar-refractivity contribution in [3.8, 4) is 17.1 Å². The van der Waals surface area contributed by atoms with E-state index in [0.717, 1.165) is 16.7 Å².